The Morgan fingerprint density at radius 2 is 1.05 bits per heavy atom. The molecule has 0 radical (unpaired) electrons. The monoisotopic (exact) mass is 552 g/mol. The lowest BCUT2D eigenvalue weighted by Gasteiger charge is -2.26. The summed E-state index contributed by atoms with van der Waals surface area (Å²) in [5.41, 5.74) is 3.66. The molecule has 41 heavy (non-hydrogen) atoms. The predicted molar refractivity (Wildman–Crippen MR) is 158 cm³/mol. The average molecular weight is 553 g/mol. The Morgan fingerprint density at radius 1 is 0.610 bits per heavy atom. The Morgan fingerprint density at radius 3 is 1.56 bits per heavy atom. The molecule has 0 aliphatic heterocycles. The van der Waals surface area contributed by atoms with Crippen molar-refractivity contribution in [3.8, 4) is 0 Å². The van der Waals surface area contributed by atoms with Gasteiger partial charge in [0.05, 0.1) is 12.1 Å². The van der Waals surface area contributed by atoms with Crippen LogP contribution in [0.2, 0.25) is 0 Å². The van der Waals surface area contributed by atoms with E-state index in [0.29, 0.717) is 12.8 Å². The third-order valence-corrected chi connectivity index (χ3v) is 6.64. The molecule has 1 amide bonds. The van der Waals surface area contributed by atoms with E-state index in [1.165, 1.54) is 0 Å². The second-order valence-corrected chi connectivity index (χ2v) is 9.81. The van der Waals surface area contributed by atoms with E-state index in [9.17, 15) is 14.7 Å². The number of aliphatic hydroxyl groups is 1. The Bertz CT molecular complexity index is 1320. The van der Waals surface area contributed by atoms with Crippen molar-refractivity contribution in [1.82, 2.24) is 10.6 Å². The number of nitrogens with one attached hydrogen (secondary N) is 2. The van der Waals surface area contributed by atoms with Gasteiger partial charge in [-0.15, -0.1) is 0 Å². The SMILES string of the molecule is O=C(N[C@@H](Cc1ccccc1)C(O)CN[C@@H](Cc1ccccc1)C(=O)OCc1ccccc1)OCc1ccccc1. The van der Waals surface area contributed by atoms with Gasteiger partial charge in [0.15, 0.2) is 0 Å². The van der Waals surface area contributed by atoms with Gasteiger partial charge >= 0.3 is 12.1 Å². The Balaban J connectivity index is 1.40. The molecular weight excluding hydrogens is 516 g/mol. The number of hydrogen-bond donors (Lipinski definition) is 3. The lowest BCUT2D eigenvalue weighted by atomic mass is 10.0. The molecule has 0 spiro atoms. The first-order valence-corrected chi connectivity index (χ1v) is 13.7. The van der Waals surface area contributed by atoms with Crippen LogP contribution in [0.1, 0.15) is 22.3 Å². The summed E-state index contributed by atoms with van der Waals surface area (Å²) in [5.74, 6) is -0.417. The van der Waals surface area contributed by atoms with Crippen LogP contribution in [-0.4, -0.2) is 41.9 Å². The molecule has 0 aromatic heterocycles. The summed E-state index contributed by atoms with van der Waals surface area (Å²) in [6, 6.07) is 36.7. The smallest absolute Gasteiger partial charge is 0.407 e. The van der Waals surface area contributed by atoms with Gasteiger partial charge in [0.25, 0.3) is 0 Å². The summed E-state index contributed by atoms with van der Waals surface area (Å²) in [6.45, 7) is 0.320. The standard InChI is InChI=1S/C34H36N2O5/c37-32(30(21-26-13-5-1-6-14-26)36-34(39)41-25-29-19-11-4-12-20-29)23-35-31(22-27-15-7-2-8-16-27)33(38)40-24-28-17-9-3-10-18-28/h1-20,30-32,35,37H,21-25H2,(H,36,39)/t30-,31-,32?/m0/s1. The van der Waals surface area contributed by atoms with Crippen molar-refractivity contribution in [2.24, 2.45) is 0 Å². The number of carbonyl (C=O) groups excluding carboxylic acids is 2. The zero-order valence-electron chi connectivity index (χ0n) is 22.9. The molecule has 3 N–H and O–H groups in total. The summed E-state index contributed by atoms with van der Waals surface area (Å²) in [7, 11) is 0. The predicted octanol–water partition coefficient (Wildman–Crippen LogP) is 4.83. The first-order valence-electron chi connectivity index (χ1n) is 13.7. The Kier molecular flexibility index (Phi) is 11.5. The van der Waals surface area contributed by atoms with Crippen molar-refractivity contribution in [3.63, 3.8) is 0 Å². The van der Waals surface area contributed by atoms with Crippen LogP contribution in [0.5, 0.6) is 0 Å². The summed E-state index contributed by atoms with van der Waals surface area (Å²) in [6.07, 6.45) is -0.875. The Hall–Kier alpha value is -4.46. The van der Waals surface area contributed by atoms with E-state index in [2.05, 4.69) is 10.6 Å². The van der Waals surface area contributed by atoms with Crippen LogP contribution in [0.25, 0.3) is 0 Å². The molecule has 7 heteroatoms. The second-order valence-electron chi connectivity index (χ2n) is 9.81. The number of rotatable bonds is 14. The number of benzene rings is 4. The van der Waals surface area contributed by atoms with E-state index in [1.807, 2.05) is 121 Å². The minimum atomic E-state index is -1.01. The van der Waals surface area contributed by atoms with Crippen molar-refractivity contribution in [2.45, 2.75) is 44.2 Å². The number of hydrogen-bond acceptors (Lipinski definition) is 6. The first-order chi connectivity index (χ1) is 20.1. The van der Waals surface area contributed by atoms with Gasteiger partial charge in [-0.1, -0.05) is 121 Å². The lowest BCUT2D eigenvalue weighted by Crippen LogP contribution is -2.51. The van der Waals surface area contributed by atoms with Gasteiger partial charge in [-0.05, 0) is 35.1 Å². The highest BCUT2D eigenvalue weighted by molar-refractivity contribution is 5.76. The van der Waals surface area contributed by atoms with E-state index in [4.69, 9.17) is 9.47 Å². The fraction of sp³-hybridized carbons (Fsp3) is 0.235. The Labute approximate surface area is 241 Å². The maximum Gasteiger partial charge on any atom is 0.407 e. The van der Waals surface area contributed by atoms with Crippen molar-refractivity contribution in [1.29, 1.82) is 0 Å². The highest BCUT2D eigenvalue weighted by Gasteiger charge is 2.26. The molecule has 0 aliphatic rings. The van der Waals surface area contributed by atoms with E-state index in [0.717, 1.165) is 22.3 Å². The number of aliphatic hydroxyl groups excluding tert-OH is 1. The molecule has 7 nitrogen and oxygen atoms in total. The van der Waals surface area contributed by atoms with Crippen LogP contribution in [0.3, 0.4) is 0 Å². The van der Waals surface area contributed by atoms with Gasteiger partial charge in [0.2, 0.25) is 0 Å². The molecule has 0 fully saturated rings. The van der Waals surface area contributed by atoms with E-state index in [1.54, 1.807) is 0 Å². The van der Waals surface area contributed by atoms with E-state index < -0.39 is 30.3 Å². The average Bonchev–Trinajstić information content (AvgIpc) is 3.02. The quantitative estimate of drug-likeness (QED) is 0.194. The maximum atomic E-state index is 13.1. The van der Waals surface area contributed by atoms with Gasteiger partial charge in [-0.25, -0.2) is 4.79 Å². The zero-order valence-corrected chi connectivity index (χ0v) is 22.9. The zero-order chi connectivity index (χ0) is 28.7. The van der Waals surface area contributed by atoms with Gasteiger partial charge < -0.3 is 25.2 Å². The summed E-state index contributed by atoms with van der Waals surface area (Å²) in [4.78, 5) is 25.8. The summed E-state index contributed by atoms with van der Waals surface area (Å²) in [5, 5.41) is 17.2. The van der Waals surface area contributed by atoms with E-state index in [-0.39, 0.29) is 19.8 Å². The van der Waals surface area contributed by atoms with Crippen LogP contribution >= 0.6 is 0 Å². The minimum absolute atomic E-state index is 0.0500. The van der Waals surface area contributed by atoms with Gasteiger partial charge in [0.1, 0.15) is 19.3 Å². The molecular formula is C34H36N2O5. The molecule has 3 atom stereocenters. The van der Waals surface area contributed by atoms with Crippen molar-refractivity contribution < 1.29 is 24.2 Å². The summed E-state index contributed by atoms with van der Waals surface area (Å²) >= 11 is 0. The minimum Gasteiger partial charge on any atom is -0.460 e. The molecule has 0 bridgehead atoms. The molecule has 0 heterocycles. The van der Waals surface area contributed by atoms with Gasteiger partial charge in [-0.2, -0.15) is 0 Å². The highest BCUT2D eigenvalue weighted by atomic mass is 16.5. The number of amides is 1. The maximum absolute atomic E-state index is 13.1. The van der Waals surface area contributed by atoms with Crippen LogP contribution in [-0.2, 0) is 40.3 Å². The largest absolute Gasteiger partial charge is 0.460 e. The fourth-order valence-electron chi connectivity index (χ4n) is 4.39. The molecule has 4 rings (SSSR count). The molecule has 4 aromatic rings. The van der Waals surface area contributed by atoms with Crippen LogP contribution in [0, 0.1) is 0 Å². The van der Waals surface area contributed by atoms with Crippen LogP contribution in [0.4, 0.5) is 4.79 Å². The van der Waals surface area contributed by atoms with Crippen molar-refractivity contribution in [2.75, 3.05) is 6.54 Å². The molecule has 1 unspecified atom stereocenters. The lowest BCUT2D eigenvalue weighted by molar-refractivity contribution is -0.147. The molecule has 0 aliphatic carbocycles. The normalized spacial score (nSPS) is 13.0. The van der Waals surface area contributed by atoms with Gasteiger partial charge in [-0.3, -0.25) is 4.79 Å². The van der Waals surface area contributed by atoms with Crippen LogP contribution in [0.15, 0.2) is 121 Å². The third kappa shape index (κ3) is 10.2. The second kappa shape index (κ2) is 16.0. The summed E-state index contributed by atoms with van der Waals surface area (Å²) < 4.78 is 11.0. The molecule has 4 aromatic carbocycles. The molecule has 0 saturated heterocycles. The number of ether oxygens (including phenoxy) is 2. The van der Waals surface area contributed by atoms with Crippen LogP contribution < -0.4 is 10.6 Å². The number of alkyl carbamates (subject to hydrolysis) is 1. The van der Waals surface area contributed by atoms with Gasteiger partial charge in [0, 0.05) is 6.54 Å². The van der Waals surface area contributed by atoms with Crippen molar-refractivity contribution in [3.05, 3.63) is 144 Å². The first kappa shape index (κ1) is 29.5. The van der Waals surface area contributed by atoms with Crippen molar-refractivity contribution >= 4 is 12.1 Å². The third-order valence-electron chi connectivity index (χ3n) is 6.64. The fourth-order valence-corrected chi connectivity index (χ4v) is 4.39. The van der Waals surface area contributed by atoms with E-state index >= 15 is 0 Å². The number of carbonyl (C=O) groups is 2. The topological polar surface area (TPSA) is 96.9 Å². The molecule has 212 valence electrons. The molecule has 0 saturated carbocycles. The highest BCUT2D eigenvalue weighted by Crippen LogP contribution is 2.11. The number of esters is 1.